The molecule has 0 bridgehead atoms. The predicted molar refractivity (Wildman–Crippen MR) is 80.8 cm³/mol. The lowest BCUT2D eigenvalue weighted by atomic mass is 9.96. The van der Waals surface area contributed by atoms with Crippen LogP contribution in [0.2, 0.25) is 0 Å². The number of anilines is 1. The van der Waals surface area contributed by atoms with E-state index in [0.29, 0.717) is 5.82 Å². The number of aromatic nitrogens is 3. The lowest BCUT2D eigenvalue weighted by Gasteiger charge is -2.16. The molecule has 6 heteroatoms. The normalized spacial score (nSPS) is 11.3. The van der Waals surface area contributed by atoms with E-state index in [2.05, 4.69) is 15.2 Å². The minimum Gasteiger partial charge on any atom is -0.497 e. The van der Waals surface area contributed by atoms with Gasteiger partial charge in [0.1, 0.15) is 11.6 Å². The molecule has 0 fully saturated rings. The van der Waals surface area contributed by atoms with Crippen molar-refractivity contribution in [2.24, 2.45) is 0 Å². The first-order chi connectivity index (χ1) is 9.82. The van der Waals surface area contributed by atoms with Gasteiger partial charge in [-0.05, 0) is 24.3 Å². The Bertz CT molecular complexity index is 626. The molecular weight excluding hydrogens is 268 g/mol. The molecular formula is C15H20N4O2. The van der Waals surface area contributed by atoms with E-state index in [0.717, 1.165) is 11.4 Å². The fourth-order valence-electron chi connectivity index (χ4n) is 1.77. The predicted octanol–water partition coefficient (Wildman–Crippen LogP) is 2.39. The Balaban J connectivity index is 2.20. The van der Waals surface area contributed by atoms with E-state index in [-0.39, 0.29) is 17.1 Å². The molecule has 0 aliphatic heterocycles. The SMILES string of the molecule is COc1ccc(N(C)C(=O)c2n[nH]c(C(C)(C)C)n2)cc1. The number of benzene rings is 1. The molecule has 0 radical (unpaired) electrons. The zero-order valence-electron chi connectivity index (χ0n) is 13.0. The van der Waals surface area contributed by atoms with Crippen LogP contribution >= 0.6 is 0 Å². The third-order valence-corrected chi connectivity index (χ3v) is 3.15. The third kappa shape index (κ3) is 3.21. The molecule has 2 rings (SSSR count). The Morgan fingerprint density at radius 1 is 1.24 bits per heavy atom. The average Bonchev–Trinajstić information content (AvgIpc) is 2.95. The summed E-state index contributed by atoms with van der Waals surface area (Å²) in [4.78, 5) is 18.2. The van der Waals surface area contributed by atoms with Gasteiger partial charge in [-0.25, -0.2) is 4.98 Å². The highest BCUT2D eigenvalue weighted by Gasteiger charge is 2.23. The molecule has 2 aromatic rings. The van der Waals surface area contributed by atoms with Crippen molar-refractivity contribution < 1.29 is 9.53 Å². The minimum absolute atomic E-state index is 0.165. The van der Waals surface area contributed by atoms with Crippen LogP contribution in [0.1, 0.15) is 37.2 Å². The molecule has 0 saturated heterocycles. The molecule has 1 aromatic heterocycles. The number of carbonyl (C=O) groups excluding carboxylic acids is 1. The molecule has 0 saturated carbocycles. The summed E-state index contributed by atoms with van der Waals surface area (Å²) in [6.45, 7) is 6.03. The Kier molecular flexibility index (Phi) is 3.97. The molecule has 0 spiro atoms. The van der Waals surface area contributed by atoms with Gasteiger partial charge in [-0.3, -0.25) is 9.89 Å². The molecule has 1 heterocycles. The molecule has 1 N–H and O–H groups in total. The number of hydrogen-bond donors (Lipinski definition) is 1. The van der Waals surface area contributed by atoms with Gasteiger partial charge in [0.05, 0.1) is 7.11 Å². The zero-order valence-corrected chi connectivity index (χ0v) is 13.0. The maximum Gasteiger partial charge on any atom is 0.297 e. The van der Waals surface area contributed by atoms with E-state index >= 15 is 0 Å². The molecule has 1 aromatic carbocycles. The van der Waals surface area contributed by atoms with Crippen molar-refractivity contribution in [1.82, 2.24) is 15.2 Å². The van der Waals surface area contributed by atoms with Crippen molar-refractivity contribution in [2.75, 3.05) is 19.1 Å². The van der Waals surface area contributed by atoms with Crippen molar-refractivity contribution in [2.45, 2.75) is 26.2 Å². The molecule has 6 nitrogen and oxygen atoms in total. The van der Waals surface area contributed by atoms with E-state index in [9.17, 15) is 4.79 Å². The number of ether oxygens (including phenoxy) is 1. The summed E-state index contributed by atoms with van der Waals surface area (Å²) in [6.07, 6.45) is 0. The second-order valence-corrected chi connectivity index (χ2v) is 5.82. The van der Waals surface area contributed by atoms with Gasteiger partial charge in [0, 0.05) is 18.2 Å². The number of nitrogens with zero attached hydrogens (tertiary/aromatic N) is 3. The second kappa shape index (κ2) is 5.55. The van der Waals surface area contributed by atoms with E-state index in [4.69, 9.17) is 4.74 Å². The van der Waals surface area contributed by atoms with Gasteiger partial charge in [0.2, 0.25) is 5.82 Å². The lowest BCUT2D eigenvalue weighted by molar-refractivity contribution is 0.0983. The molecule has 0 atom stereocenters. The molecule has 1 amide bonds. The van der Waals surface area contributed by atoms with Gasteiger partial charge in [-0.2, -0.15) is 0 Å². The molecule has 112 valence electrons. The summed E-state index contributed by atoms with van der Waals surface area (Å²) in [5.74, 6) is 1.34. The van der Waals surface area contributed by atoms with Crippen LogP contribution in [0, 0.1) is 0 Å². The highest BCUT2D eigenvalue weighted by atomic mass is 16.5. The number of amides is 1. The Labute approximate surface area is 124 Å². The number of carbonyl (C=O) groups is 1. The molecule has 21 heavy (non-hydrogen) atoms. The summed E-state index contributed by atoms with van der Waals surface area (Å²) in [6, 6.07) is 7.23. The Morgan fingerprint density at radius 3 is 2.33 bits per heavy atom. The summed E-state index contributed by atoms with van der Waals surface area (Å²) in [5, 5.41) is 6.83. The van der Waals surface area contributed by atoms with E-state index in [1.165, 1.54) is 4.90 Å². The topological polar surface area (TPSA) is 71.1 Å². The number of aromatic amines is 1. The number of hydrogen-bond acceptors (Lipinski definition) is 4. The summed E-state index contributed by atoms with van der Waals surface area (Å²) >= 11 is 0. The fourth-order valence-corrected chi connectivity index (χ4v) is 1.77. The van der Waals surface area contributed by atoms with Crippen LogP contribution in [0.25, 0.3) is 0 Å². The summed E-state index contributed by atoms with van der Waals surface area (Å²) in [7, 11) is 3.29. The number of methoxy groups -OCH3 is 1. The molecule has 0 unspecified atom stereocenters. The van der Waals surface area contributed by atoms with Crippen molar-refractivity contribution in [3.8, 4) is 5.75 Å². The van der Waals surface area contributed by atoms with Crippen molar-refractivity contribution >= 4 is 11.6 Å². The van der Waals surface area contributed by atoms with Crippen LogP contribution in [-0.2, 0) is 5.41 Å². The highest BCUT2D eigenvalue weighted by Crippen LogP contribution is 2.21. The fraction of sp³-hybridized carbons (Fsp3) is 0.400. The first kappa shape index (κ1) is 15.0. The van der Waals surface area contributed by atoms with Crippen molar-refractivity contribution in [1.29, 1.82) is 0 Å². The Morgan fingerprint density at radius 2 is 1.86 bits per heavy atom. The smallest absolute Gasteiger partial charge is 0.297 e. The van der Waals surface area contributed by atoms with Crippen LogP contribution in [0.3, 0.4) is 0 Å². The summed E-state index contributed by atoms with van der Waals surface area (Å²) < 4.78 is 5.10. The van der Waals surface area contributed by atoms with E-state index in [1.807, 2.05) is 32.9 Å². The number of nitrogens with one attached hydrogen (secondary N) is 1. The van der Waals surface area contributed by atoms with Gasteiger partial charge in [0.15, 0.2) is 0 Å². The highest BCUT2D eigenvalue weighted by molar-refractivity contribution is 6.03. The number of rotatable bonds is 3. The monoisotopic (exact) mass is 288 g/mol. The Hall–Kier alpha value is -2.37. The minimum atomic E-state index is -0.257. The molecule has 0 aliphatic rings. The summed E-state index contributed by atoms with van der Waals surface area (Å²) in [5.41, 5.74) is 0.576. The van der Waals surface area contributed by atoms with Gasteiger partial charge in [0.25, 0.3) is 5.91 Å². The second-order valence-electron chi connectivity index (χ2n) is 5.82. The lowest BCUT2D eigenvalue weighted by Crippen LogP contribution is -2.27. The quantitative estimate of drug-likeness (QED) is 0.941. The van der Waals surface area contributed by atoms with E-state index < -0.39 is 0 Å². The van der Waals surface area contributed by atoms with Gasteiger partial charge in [-0.1, -0.05) is 20.8 Å². The van der Waals surface area contributed by atoms with Crippen LogP contribution in [0.5, 0.6) is 5.75 Å². The van der Waals surface area contributed by atoms with Crippen LogP contribution in [0.15, 0.2) is 24.3 Å². The van der Waals surface area contributed by atoms with Crippen molar-refractivity contribution in [3.63, 3.8) is 0 Å². The average molecular weight is 288 g/mol. The maximum absolute atomic E-state index is 12.4. The zero-order chi connectivity index (χ0) is 15.6. The third-order valence-electron chi connectivity index (χ3n) is 3.15. The molecule has 0 aliphatic carbocycles. The first-order valence-electron chi connectivity index (χ1n) is 6.68. The standard InChI is InChI=1S/C15H20N4O2/c1-15(2,3)14-16-12(17-18-14)13(20)19(4)10-6-8-11(21-5)9-7-10/h6-9H,1-5H3,(H,16,17,18). The maximum atomic E-state index is 12.4. The van der Waals surface area contributed by atoms with Crippen LogP contribution < -0.4 is 9.64 Å². The van der Waals surface area contributed by atoms with Gasteiger partial charge in [-0.15, -0.1) is 5.10 Å². The van der Waals surface area contributed by atoms with Crippen molar-refractivity contribution in [3.05, 3.63) is 35.9 Å². The van der Waals surface area contributed by atoms with E-state index in [1.54, 1.807) is 26.3 Å². The van der Waals surface area contributed by atoms with Crippen LogP contribution in [0.4, 0.5) is 5.69 Å². The van der Waals surface area contributed by atoms with Gasteiger partial charge < -0.3 is 9.64 Å². The van der Waals surface area contributed by atoms with Crippen LogP contribution in [-0.4, -0.2) is 35.2 Å². The van der Waals surface area contributed by atoms with Gasteiger partial charge >= 0.3 is 0 Å². The first-order valence-corrected chi connectivity index (χ1v) is 6.68. The number of H-pyrrole nitrogens is 1. The largest absolute Gasteiger partial charge is 0.497 e.